The zero-order valence-corrected chi connectivity index (χ0v) is 16.3. The molecule has 0 spiro atoms. The van der Waals surface area contributed by atoms with Crippen LogP contribution in [0.1, 0.15) is 30.9 Å². The van der Waals surface area contributed by atoms with Crippen LogP contribution in [0.15, 0.2) is 60.7 Å². The zero-order chi connectivity index (χ0) is 19.1. The summed E-state index contributed by atoms with van der Waals surface area (Å²) in [5.41, 5.74) is 3.32. The Labute approximate surface area is 162 Å². The van der Waals surface area contributed by atoms with Crippen molar-refractivity contribution in [3.63, 3.8) is 0 Å². The fourth-order valence-corrected chi connectivity index (χ4v) is 3.34. The van der Waals surface area contributed by atoms with E-state index in [9.17, 15) is 4.79 Å². The highest BCUT2D eigenvalue weighted by molar-refractivity contribution is 5.90. The quantitative estimate of drug-likeness (QED) is 0.838. The maximum absolute atomic E-state index is 12.6. The molecule has 4 heteroatoms. The first-order valence-corrected chi connectivity index (χ1v) is 9.72. The van der Waals surface area contributed by atoms with E-state index in [-0.39, 0.29) is 6.03 Å². The van der Waals surface area contributed by atoms with Crippen LogP contribution >= 0.6 is 0 Å². The van der Waals surface area contributed by atoms with Gasteiger partial charge < -0.3 is 10.2 Å². The van der Waals surface area contributed by atoms with Gasteiger partial charge in [-0.2, -0.15) is 0 Å². The van der Waals surface area contributed by atoms with Gasteiger partial charge in [0, 0.05) is 38.4 Å². The van der Waals surface area contributed by atoms with Crippen LogP contribution in [0.2, 0.25) is 0 Å². The highest BCUT2D eigenvalue weighted by Crippen LogP contribution is 2.24. The summed E-state index contributed by atoms with van der Waals surface area (Å²) >= 11 is 0. The number of carbonyl (C=O) groups is 1. The predicted octanol–water partition coefficient (Wildman–Crippen LogP) is 4.67. The van der Waals surface area contributed by atoms with Gasteiger partial charge in [0.05, 0.1) is 0 Å². The summed E-state index contributed by atoms with van der Waals surface area (Å²) in [5, 5.41) is 3.10. The van der Waals surface area contributed by atoms with Crippen molar-refractivity contribution < 1.29 is 4.79 Å². The SMILES string of the molecule is CC(C)c1ccccc1NC(=O)N1CCN(C/C=C/c2ccccc2)CC1. The van der Waals surface area contributed by atoms with Gasteiger partial charge in [0.15, 0.2) is 0 Å². The van der Waals surface area contributed by atoms with Crippen LogP contribution in [0.3, 0.4) is 0 Å². The van der Waals surface area contributed by atoms with Gasteiger partial charge in [0.1, 0.15) is 0 Å². The Morgan fingerprint density at radius 3 is 2.37 bits per heavy atom. The van der Waals surface area contributed by atoms with Crippen molar-refractivity contribution in [1.29, 1.82) is 0 Å². The molecule has 27 heavy (non-hydrogen) atoms. The number of carbonyl (C=O) groups excluding carboxylic acids is 1. The molecule has 2 amide bonds. The largest absolute Gasteiger partial charge is 0.322 e. The van der Waals surface area contributed by atoms with Crippen molar-refractivity contribution in [2.45, 2.75) is 19.8 Å². The maximum Gasteiger partial charge on any atom is 0.321 e. The van der Waals surface area contributed by atoms with Crippen LogP contribution in [-0.4, -0.2) is 48.6 Å². The van der Waals surface area contributed by atoms with Crippen LogP contribution < -0.4 is 5.32 Å². The van der Waals surface area contributed by atoms with Gasteiger partial charge in [-0.05, 0) is 23.1 Å². The lowest BCUT2D eigenvalue weighted by Crippen LogP contribution is -2.50. The van der Waals surface area contributed by atoms with Crippen LogP contribution in [0.25, 0.3) is 6.08 Å². The number of amides is 2. The van der Waals surface area contributed by atoms with Gasteiger partial charge in [0.2, 0.25) is 0 Å². The van der Waals surface area contributed by atoms with E-state index in [2.05, 4.69) is 66.5 Å². The van der Waals surface area contributed by atoms with Crippen LogP contribution in [-0.2, 0) is 0 Å². The highest BCUT2D eigenvalue weighted by atomic mass is 16.2. The molecule has 0 saturated carbocycles. The number of para-hydroxylation sites is 1. The first-order chi connectivity index (χ1) is 13.1. The zero-order valence-electron chi connectivity index (χ0n) is 16.3. The standard InChI is InChI=1S/C23H29N3O/c1-19(2)21-12-6-7-13-22(21)24-23(27)26-17-15-25(16-18-26)14-8-11-20-9-4-3-5-10-20/h3-13,19H,14-18H2,1-2H3,(H,24,27)/b11-8+. The molecule has 0 atom stereocenters. The lowest BCUT2D eigenvalue weighted by Gasteiger charge is -2.34. The molecule has 0 aromatic heterocycles. The summed E-state index contributed by atoms with van der Waals surface area (Å²) in [5.74, 6) is 0.384. The molecule has 2 aromatic rings. The van der Waals surface area contributed by atoms with Gasteiger partial charge in [-0.3, -0.25) is 4.90 Å². The lowest BCUT2D eigenvalue weighted by molar-refractivity contribution is 0.156. The Bertz CT molecular complexity index is 762. The summed E-state index contributed by atoms with van der Waals surface area (Å²) in [7, 11) is 0. The number of anilines is 1. The minimum Gasteiger partial charge on any atom is -0.322 e. The maximum atomic E-state index is 12.6. The molecule has 3 rings (SSSR count). The second kappa shape index (κ2) is 9.38. The van der Waals surface area contributed by atoms with Gasteiger partial charge in [-0.1, -0.05) is 74.5 Å². The van der Waals surface area contributed by atoms with Gasteiger partial charge >= 0.3 is 6.03 Å². The fourth-order valence-electron chi connectivity index (χ4n) is 3.34. The second-order valence-electron chi connectivity index (χ2n) is 7.27. The molecule has 1 aliphatic heterocycles. The molecule has 1 heterocycles. The first kappa shape index (κ1) is 19.2. The molecule has 1 saturated heterocycles. The third-order valence-corrected chi connectivity index (χ3v) is 4.96. The summed E-state index contributed by atoms with van der Waals surface area (Å²) in [4.78, 5) is 16.9. The number of nitrogens with one attached hydrogen (secondary N) is 1. The summed E-state index contributed by atoms with van der Waals surface area (Å²) in [6, 6.07) is 18.4. The molecule has 1 N–H and O–H groups in total. The molecular weight excluding hydrogens is 334 g/mol. The molecule has 2 aromatic carbocycles. The molecule has 0 radical (unpaired) electrons. The normalized spacial score (nSPS) is 15.4. The average molecular weight is 364 g/mol. The van der Waals surface area contributed by atoms with Crippen molar-refractivity contribution in [2.75, 3.05) is 38.0 Å². The minimum atomic E-state index is 0.00239. The minimum absolute atomic E-state index is 0.00239. The fraction of sp³-hybridized carbons (Fsp3) is 0.348. The highest BCUT2D eigenvalue weighted by Gasteiger charge is 2.21. The van der Waals surface area contributed by atoms with Crippen molar-refractivity contribution in [3.8, 4) is 0 Å². The molecule has 0 aliphatic carbocycles. The van der Waals surface area contributed by atoms with Crippen molar-refractivity contribution in [3.05, 3.63) is 71.8 Å². The monoisotopic (exact) mass is 363 g/mol. The number of piperazine rings is 1. The van der Waals surface area contributed by atoms with E-state index in [1.54, 1.807) is 0 Å². The van der Waals surface area contributed by atoms with Gasteiger partial charge in [-0.25, -0.2) is 4.79 Å². The Morgan fingerprint density at radius 2 is 1.67 bits per heavy atom. The van der Waals surface area contributed by atoms with E-state index < -0.39 is 0 Å². The predicted molar refractivity (Wildman–Crippen MR) is 113 cm³/mol. The molecule has 4 nitrogen and oxygen atoms in total. The van der Waals surface area contributed by atoms with Crippen molar-refractivity contribution >= 4 is 17.8 Å². The smallest absolute Gasteiger partial charge is 0.321 e. The summed E-state index contributed by atoms with van der Waals surface area (Å²) in [6.07, 6.45) is 4.35. The van der Waals surface area contributed by atoms with E-state index in [1.807, 2.05) is 29.2 Å². The number of urea groups is 1. The van der Waals surface area contributed by atoms with E-state index in [0.29, 0.717) is 5.92 Å². The molecule has 0 bridgehead atoms. The van der Waals surface area contributed by atoms with Gasteiger partial charge in [-0.15, -0.1) is 0 Å². The van der Waals surface area contributed by atoms with Crippen molar-refractivity contribution in [1.82, 2.24) is 9.80 Å². The Kier molecular flexibility index (Phi) is 6.66. The Hall–Kier alpha value is -2.59. The third-order valence-electron chi connectivity index (χ3n) is 4.96. The molecular formula is C23H29N3O. The summed E-state index contributed by atoms with van der Waals surface area (Å²) in [6.45, 7) is 8.53. The lowest BCUT2D eigenvalue weighted by atomic mass is 10.0. The van der Waals surface area contributed by atoms with E-state index in [1.165, 1.54) is 11.1 Å². The summed E-state index contributed by atoms with van der Waals surface area (Å²) < 4.78 is 0. The van der Waals surface area contributed by atoms with Crippen LogP contribution in [0.5, 0.6) is 0 Å². The van der Waals surface area contributed by atoms with E-state index >= 15 is 0 Å². The topological polar surface area (TPSA) is 35.6 Å². The third kappa shape index (κ3) is 5.44. The Morgan fingerprint density at radius 1 is 1.00 bits per heavy atom. The molecule has 142 valence electrons. The number of nitrogens with zero attached hydrogens (tertiary/aromatic N) is 2. The van der Waals surface area contributed by atoms with Gasteiger partial charge in [0.25, 0.3) is 0 Å². The molecule has 0 unspecified atom stereocenters. The van der Waals surface area contributed by atoms with E-state index in [0.717, 1.165) is 38.4 Å². The Balaban J connectivity index is 1.47. The molecule has 1 fully saturated rings. The van der Waals surface area contributed by atoms with Crippen LogP contribution in [0.4, 0.5) is 10.5 Å². The van der Waals surface area contributed by atoms with Crippen molar-refractivity contribution in [2.24, 2.45) is 0 Å². The number of hydrogen-bond acceptors (Lipinski definition) is 2. The number of benzene rings is 2. The molecule has 1 aliphatic rings. The van der Waals surface area contributed by atoms with Crippen LogP contribution in [0, 0.1) is 0 Å². The number of rotatable bonds is 5. The first-order valence-electron chi connectivity index (χ1n) is 9.72. The second-order valence-corrected chi connectivity index (χ2v) is 7.27. The number of hydrogen-bond donors (Lipinski definition) is 1. The van der Waals surface area contributed by atoms with E-state index in [4.69, 9.17) is 0 Å². The average Bonchev–Trinajstić information content (AvgIpc) is 2.69.